The van der Waals surface area contributed by atoms with E-state index >= 15 is 0 Å². The molecule has 0 aliphatic carbocycles. The molecule has 0 aromatic heterocycles. The monoisotopic (exact) mass is 396 g/mol. The highest BCUT2D eigenvalue weighted by Gasteiger charge is 2.48. The molecule has 150 valence electrons. The second-order valence-corrected chi connectivity index (χ2v) is 7.17. The van der Waals surface area contributed by atoms with Crippen LogP contribution in [0.2, 0.25) is 0 Å². The summed E-state index contributed by atoms with van der Waals surface area (Å²) in [6.45, 7) is 1.47. The first-order chi connectivity index (χ1) is 13.9. The van der Waals surface area contributed by atoms with Gasteiger partial charge in [0.25, 0.3) is 5.91 Å². The van der Waals surface area contributed by atoms with Crippen LogP contribution in [0.15, 0.2) is 42.5 Å². The van der Waals surface area contributed by atoms with Crippen molar-refractivity contribution in [1.29, 1.82) is 0 Å². The highest BCUT2D eigenvalue weighted by Crippen LogP contribution is 2.34. The van der Waals surface area contributed by atoms with Crippen molar-refractivity contribution in [3.05, 3.63) is 53.6 Å². The molecule has 8 nitrogen and oxygen atoms in total. The Balaban J connectivity index is 1.49. The van der Waals surface area contributed by atoms with Crippen LogP contribution in [0.1, 0.15) is 22.8 Å². The van der Waals surface area contributed by atoms with Crippen LogP contribution in [0, 0.1) is 0 Å². The van der Waals surface area contributed by atoms with Gasteiger partial charge < -0.3 is 19.5 Å². The number of nitrogens with zero attached hydrogens (tertiary/aromatic N) is 1. The van der Waals surface area contributed by atoms with E-state index in [1.165, 1.54) is 7.11 Å². The van der Waals surface area contributed by atoms with Gasteiger partial charge in [-0.1, -0.05) is 18.2 Å². The minimum atomic E-state index is -1.15. The number of imide groups is 1. The van der Waals surface area contributed by atoms with Crippen molar-refractivity contribution in [3.8, 4) is 17.2 Å². The molecule has 29 heavy (non-hydrogen) atoms. The Morgan fingerprint density at radius 3 is 2.76 bits per heavy atom. The lowest BCUT2D eigenvalue weighted by molar-refractivity contribution is -0.130. The fourth-order valence-electron chi connectivity index (χ4n) is 3.50. The van der Waals surface area contributed by atoms with Gasteiger partial charge in [0.1, 0.15) is 11.3 Å². The molecular weight excluding hydrogens is 376 g/mol. The third-order valence-electron chi connectivity index (χ3n) is 5.03. The highest BCUT2D eigenvalue weighted by atomic mass is 16.7. The maximum atomic E-state index is 13.0. The van der Waals surface area contributed by atoms with E-state index in [-0.39, 0.29) is 25.5 Å². The number of ketones is 1. The number of Topliss-reactive ketones (excluding diaryl/α,β-unsaturated/α-hetero) is 1. The van der Waals surface area contributed by atoms with E-state index in [0.29, 0.717) is 22.8 Å². The number of hydrogen-bond donors (Lipinski definition) is 1. The standard InChI is InChI=1S/C21H20N2O6/c1-21(10-13-6-7-17-18(8-13)29-12-28-17)19(25)23(20(26)22-21)11-16(24)14-4-3-5-15(9-14)27-2/h3-9H,10-12H2,1-2H3,(H,22,26)/t21-/m1/s1. The Kier molecular flexibility index (Phi) is 4.62. The number of amides is 3. The van der Waals surface area contributed by atoms with Gasteiger partial charge in [-0.3, -0.25) is 14.5 Å². The quantitative estimate of drug-likeness (QED) is 0.594. The number of urea groups is 1. The summed E-state index contributed by atoms with van der Waals surface area (Å²) in [5, 5.41) is 2.71. The minimum absolute atomic E-state index is 0.159. The van der Waals surface area contributed by atoms with Crippen LogP contribution in [0.3, 0.4) is 0 Å². The van der Waals surface area contributed by atoms with Crippen LogP contribution in [-0.4, -0.2) is 48.6 Å². The van der Waals surface area contributed by atoms with Crippen molar-refractivity contribution < 1.29 is 28.6 Å². The Hall–Kier alpha value is -3.55. The van der Waals surface area contributed by atoms with E-state index in [1.54, 1.807) is 43.3 Å². The summed E-state index contributed by atoms with van der Waals surface area (Å²) in [6.07, 6.45) is 0.262. The van der Waals surface area contributed by atoms with Crippen LogP contribution >= 0.6 is 0 Å². The van der Waals surface area contributed by atoms with Crippen LogP contribution in [0.4, 0.5) is 4.79 Å². The van der Waals surface area contributed by atoms with Gasteiger partial charge in [0.15, 0.2) is 17.3 Å². The fraction of sp³-hybridized carbons (Fsp3) is 0.286. The number of methoxy groups -OCH3 is 1. The van der Waals surface area contributed by atoms with Crippen molar-refractivity contribution >= 4 is 17.7 Å². The van der Waals surface area contributed by atoms with Crippen molar-refractivity contribution in [2.24, 2.45) is 0 Å². The first-order valence-corrected chi connectivity index (χ1v) is 9.09. The van der Waals surface area contributed by atoms with Crippen molar-refractivity contribution in [1.82, 2.24) is 10.2 Å². The van der Waals surface area contributed by atoms with Crippen LogP contribution in [0.25, 0.3) is 0 Å². The number of rotatable bonds is 6. The maximum absolute atomic E-state index is 13.0. The van der Waals surface area contributed by atoms with Crippen LogP contribution in [0.5, 0.6) is 17.2 Å². The number of benzene rings is 2. The summed E-state index contributed by atoms with van der Waals surface area (Å²) >= 11 is 0. The van der Waals surface area contributed by atoms with Gasteiger partial charge in [0.05, 0.1) is 13.7 Å². The van der Waals surface area contributed by atoms with E-state index < -0.39 is 17.5 Å². The van der Waals surface area contributed by atoms with E-state index in [1.807, 2.05) is 6.07 Å². The lowest BCUT2D eigenvalue weighted by Gasteiger charge is -2.21. The topological polar surface area (TPSA) is 94.2 Å². The predicted molar refractivity (Wildman–Crippen MR) is 102 cm³/mol. The summed E-state index contributed by atoms with van der Waals surface area (Å²) in [5.41, 5.74) is 0.0279. The molecule has 1 fully saturated rings. The summed E-state index contributed by atoms with van der Waals surface area (Å²) in [4.78, 5) is 39.0. The van der Waals surface area contributed by atoms with E-state index in [4.69, 9.17) is 14.2 Å². The number of hydrogen-bond acceptors (Lipinski definition) is 6. The molecule has 0 unspecified atom stereocenters. The van der Waals surface area contributed by atoms with Crippen molar-refractivity contribution in [3.63, 3.8) is 0 Å². The summed E-state index contributed by atoms with van der Waals surface area (Å²) < 4.78 is 15.8. The zero-order valence-electron chi connectivity index (χ0n) is 16.1. The lowest BCUT2D eigenvalue weighted by Crippen LogP contribution is -2.46. The molecule has 0 spiro atoms. The first-order valence-electron chi connectivity index (χ1n) is 9.09. The molecule has 2 aromatic rings. The first kappa shape index (κ1) is 18.8. The third-order valence-corrected chi connectivity index (χ3v) is 5.03. The van der Waals surface area contributed by atoms with E-state index in [0.717, 1.165) is 10.5 Å². The second kappa shape index (κ2) is 7.12. The summed E-state index contributed by atoms with van der Waals surface area (Å²) in [6, 6.07) is 11.4. The molecule has 2 aromatic carbocycles. The van der Waals surface area contributed by atoms with E-state index in [9.17, 15) is 14.4 Å². The largest absolute Gasteiger partial charge is 0.497 e. The van der Waals surface area contributed by atoms with Gasteiger partial charge in [0.2, 0.25) is 6.79 Å². The van der Waals surface area contributed by atoms with Gasteiger partial charge in [-0.25, -0.2) is 4.79 Å². The maximum Gasteiger partial charge on any atom is 0.325 e. The predicted octanol–water partition coefficient (Wildman–Crippen LogP) is 2.16. The average molecular weight is 396 g/mol. The molecule has 2 heterocycles. The molecule has 0 radical (unpaired) electrons. The molecule has 8 heteroatoms. The average Bonchev–Trinajstić information content (AvgIpc) is 3.26. The molecule has 2 aliphatic rings. The highest BCUT2D eigenvalue weighted by molar-refractivity contribution is 6.11. The number of fused-ring (bicyclic) bond motifs is 1. The second-order valence-electron chi connectivity index (χ2n) is 7.17. The van der Waals surface area contributed by atoms with Gasteiger partial charge in [-0.2, -0.15) is 0 Å². The fourth-order valence-corrected chi connectivity index (χ4v) is 3.50. The lowest BCUT2D eigenvalue weighted by atomic mass is 9.92. The molecule has 0 saturated carbocycles. The van der Waals surface area contributed by atoms with Gasteiger partial charge in [-0.05, 0) is 36.8 Å². The summed E-state index contributed by atoms with van der Waals surface area (Å²) in [7, 11) is 1.50. The molecular formula is C21H20N2O6. The number of ether oxygens (including phenoxy) is 3. The Bertz CT molecular complexity index is 1000. The van der Waals surface area contributed by atoms with Gasteiger partial charge in [-0.15, -0.1) is 0 Å². The number of carbonyl (C=O) groups is 3. The Morgan fingerprint density at radius 1 is 1.17 bits per heavy atom. The third kappa shape index (κ3) is 3.49. The zero-order chi connectivity index (χ0) is 20.6. The summed E-state index contributed by atoms with van der Waals surface area (Å²) in [5.74, 6) is 0.982. The molecule has 1 N–H and O–H groups in total. The van der Waals surface area contributed by atoms with Gasteiger partial charge in [0, 0.05) is 12.0 Å². The molecule has 4 rings (SSSR count). The smallest absolute Gasteiger partial charge is 0.325 e. The minimum Gasteiger partial charge on any atom is -0.497 e. The van der Waals surface area contributed by atoms with Crippen molar-refractivity contribution in [2.45, 2.75) is 18.9 Å². The zero-order valence-corrected chi connectivity index (χ0v) is 16.1. The van der Waals surface area contributed by atoms with Crippen LogP contribution in [-0.2, 0) is 11.2 Å². The Labute approximate surface area is 167 Å². The molecule has 2 aliphatic heterocycles. The van der Waals surface area contributed by atoms with Crippen molar-refractivity contribution in [2.75, 3.05) is 20.4 Å². The molecule has 1 saturated heterocycles. The van der Waals surface area contributed by atoms with Crippen LogP contribution < -0.4 is 19.5 Å². The van der Waals surface area contributed by atoms with E-state index in [2.05, 4.69) is 5.32 Å². The Morgan fingerprint density at radius 2 is 1.97 bits per heavy atom. The molecule has 0 bridgehead atoms. The van der Waals surface area contributed by atoms with Gasteiger partial charge >= 0.3 is 6.03 Å². The SMILES string of the molecule is COc1cccc(C(=O)CN2C(=O)N[C@](C)(Cc3ccc4c(c3)OCO4)C2=O)c1. The molecule has 1 atom stereocenters. The normalized spacial score (nSPS) is 20.0. The number of carbonyl (C=O) groups excluding carboxylic acids is 3. The molecule has 3 amide bonds. The number of nitrogens with one attached hydrogen (secondary N) is 1.